The highest BCUT2D eigenvalue weighted by Crippen LogP contribution is 2.45. The minimum atomic E-state index is -5.38. The Kier molecular flexibility index (Phi) is 3.34. The van der Waals surface area contributed by atoms with Crippen LogP contribution in [0.1, 0.15) is 35.6 Å². The number of pyridine rings is 1. The van der Waals surface area contributed by atoms with Crippen LogP contribution in [0.4, 0.5) is 26.3 Å². The molecule has 1 aliphatic rings. The molecule has 0 bridgehead atoms. The summed E-state index contributed by atoms with van der Waals surface area (Å²) in [6.45, 7) is 1.79. The second-order valence-electron chi connectivity index (χ2n) is 7.23. The van der Waals surface area contributed by atoms with Crippen molar-refractivity contribution in [1.82, 2.24) is 9.61 Å². The Balaban J connectivity index is 2.06. The van der Waals surface area contributed by atoms with Gasteiger partial charge in [-0.25, -0.2) is 17.7 Å². The molecule has 5 rings (SSSR count). The number of rotatable bonds is 1. The van der Waals surface area contributed by atoms with E-state index >= 15 is 0 Å². The van der Waals surface area contributed by atoms with Crippen LogP contribution in [-0.4, -0.2) is 9.61 Å². The minimum absolute atomic E-state index is 0.0853. The lowest BCUT2D eigenvalue weighted by atomic mass is 10.0. The second kappa shape index (κ2) is 5.40. The first-order chi connectivity index (χ1) is 13.2. The van der Waals surface area contributed by atoms with E-state index in [1.54, 1.807) is 19.1 Å². The van der Waals surface area contributed by atoms with Crippen LogP contribution in [0, 0.1) is 24.4 Å². The average Bonchev–Trinajstić information content (AvgIpc) is 3.37. The summed E-state index contributed by atoms with van der Waals surface area (Å²) in [5.74, 6) is -5.78. The summed E-state index contributed by atoms with van der Waals surface area (Å²) >= 11 is 0. The molecule has 144 valence electrons. The van der Waals surface area contributed by atoms with Gasteiger partial charge in [0.25, 0.3) is 0 Å². The fourth-order valence-electron chi connectivity index (χ4n) is 3.79. The van der Waals surface area contributed by atoms with Gasteiger partial charge in [-0.15, -0.1) is 0 Å². The van der Waals surface area contributed by atoms with Crippen LogP contribution in [-0.2, 0) is 6.18 Å². The summed E-state index contributed by atoms with van der Waals surface area (Å²) in [5.41, 5.74) is -1.52. The molecule has 8 heteroatoms. The summed E-state index contributed by atoms with van der Waals surface area (Å²) in [7, 11) is 0. The number of benzene rings is 2. The molecule has 0 aliphatic heterocycles. The number of halogens is 6. The van der Waals surface area contributed by atoms with Gasteiger partial charge in [0, 0.05) is 17.0 Å². The molecule has 2 nitrogen and oxygen atoms in total. The zero-order valence-electron chi connectivity index (χ0n) is 14.5. The molecule has 1 saturated carbocycles. The van der Waals surface area contributed by atoms with Crippen molar-refractivity contribution < 1.29 is 26.3 Å². The zero-order valence-corrected chi connectivity index (χ0v) is 14.5. The lowest BCUT2D eigenvalue weighted by molar-refractivity contribution is -0.142. The number of alkyl halides is 3. The van der Waals surface area contributed by atoms with Gasteiger partial charge in [-0.1, -0.05) is 17.7 Å². The van der Waals surface area contributed by atoms with E-state index in [0.29, 0.717) is 16.5 Å². The summed E-state index contributed by atoms with van der Waals surface area (Å²) < 4.78 is 84.4. The SMILES string of the molecule is Cc1ccc2cc(C3CC3)n3nc4c(F)c(C(F)(F)F)c(F)c(F)c4c3c2c1. The van der Waals surface area contributed by atoms with Gasteiger partial charge >= 0.3 is 6.18 Å². The Morgan fingerprint density at radius 2 is 1.71 bits per heavy atom. The van der Waals surface area contributed by atoms with E-state index in [0.717, 1.165) is 18.4 Å². The number of aryl methyl sites for hydroxylation is 1. The molecule has 1 fully saturated rings. The highest BCUT2D eigenvalue weighted by atomic mass is 19.4. The smallest absolute Gasteiger partial charge is 0.235 e. The lowest BCUT2D eigenvalue weighted by Gasteiger charge is -2.11. The van der Waals surface area contributed by atoms with Crippen molar-refractivity contribution in [2.24, 2.45) is 0 Å². The first kappa shape index (κ1) is 17.3. The van der Waals surface area contributed by atoms with Crippen molar-refractivity contribution in [3.63, 3.8) is 0 Å². The minimum Gasteiger partial charge on any atom is -0.235 e. The number of hydrogen-bond acceptors (Lipinski definition) is 1. The first-order valence-electron chi connectivity index (χ1n) is 8.68. The lowest BCUT2D eigenvalue weighted by Crippen LogP contribution is -2.13. The number of fused-ring (bicyclic) bond motifs is 5. The molecule has 2 aromatic carbocycles. The van der Waals surface area contributed by atoms with Gasteiger partial charge in [0.15, 0.2) is 17.5 Å². The molecule has 2 heterocycles. The Labute approximate surface area is 154 Å². The summed E-state index contributed by atoms with van der Waals surface area (Å²) in [5, 5.41) is 4.58. The predicted octanol–water partition coefficient (Wildman–Crippen LogP) is 6.26. The molecule has 0 spiro atoms. The molecule has 28 heavy (non-hydrogen) atoms. The van der Waals surface area contributed by atoms with Crippen LogP contribution in [0.15, 0.2) is 24.3 Å². The van der Waals surface area contributed by atoms with Gasteiger partial charge in [-0.05, 0) is 37.3 Å². The van der Waals surface area contributed by atoms with Gasteiger partial charge in [-0.3, -0.25) is 0 Å². The topological polar surface area (TPSA) is 17.3 Å². The van der Waals surface area contributed by atoms with Crippen molar-refractivity contribution in [3.8, 4) is 0 Å². The highest BCUT2D eigenvalue weighted by molar-refractivity contribution is 6.10. The van der Waals surface area contributed by atoms with Crippen molar-refractivity contribution in [3.05, 3.63) is 58.5 Å². The van der Waals surface area contributed by atoms with Crippen molar-refractivity contribution >= 4 is 27.2 Å². The fourth-order valence-corrected chi connectivity index (χ4v) is 3.79. The van der Waals surface area contributed by atoms with Crippen molar-refractivity contribution in [2.75, 3.05) is 0 Å². The van der Waals surface area contributed by atoms with Crippen molar-refractivity contribution in [2.45, 2.75) is 31.9 Å². The first-order valence-corrected chi connectivity index (χ1v) is 8.68. The number of aromatic nitrogens is 2. The third kappa shape index (κ3) is 2.26. The van der Waals surface area contributed by atoms with Crippen LogP contribution in [0.2, 0.25) is 0 Å². The maximum absolute atomic E-state index is 14.8. The molecular formula is C20H12F6N2. The van der Waals surface area contributed by atoms with E-state index in [-0.39, 0.29) is 11.4 Å². The molecule has 1 aliphatic carbocycles. The molecule has 0 radical (unpaired) electrons. The molecule has 4 aromatic rings. The van der Waals surface area contributed by atoms with Crippen LogP contribution in [0.3, 0.4) is 0 Å². The molecule has 0 atom stereocenters. The Hall–Kier alpha value is -2.77. The number of hydrogen-bond donors (Lipinski definition) is 0. The number of nitrogens with zero attached hydrogens (tertiary/aromatic N) is 2. The highest BCUT2D eigenvalue weighted by Gasteiger charge is 2.42. The summed E-state index contributed by atoms with van der Waals surface area (Å²) in [6, 6.07) is 7.16. The predicted molar refractivity (Wildman–Crippen MR) is 91.8 cm³/mol. The van der Waals surface area contributed by atoms with E-state index in [1.165, 1.54) is 4.52 Å². The quantitative estimate of drug-likeness (QED) is 0.275. The standard InChI is InChI=1S/C20H12F6N2/c1-8-2-3-10-7-12(9-4-5-9)28-19(11(10)6-8)13-15(21)16(22)14(20(24,25)26)17(23)18(13)27-28/h2-3,6-7,9H,4-5H2,1H3. The van der Waals surface area contributed by atoms with Crippen LogP contribution < -0.4 is 0 Å². The Morgan fingerprint density at radius 1 is 1.00 bits per heavy atom. The Morgan fingerprint density at radius 3 is 2.36 bits per heavy atom. The van der Waals surface area contributed by atoms with Gasteiger partial charge in [-0.2, -0.15) is 18.3 Å². The zero-order chi connectivity index (χ0) is 20.0. The third-order valence-electron chi connectivity index (χ3n) is 5.24. The summed E-state index contributed by atoms with van der Waals surface area (Å²) in [6.07, 6.45) is -3.69. The molecule has 0 unspecified atom stereocenters. The second-order valence-corrected chi connectivity index (χ2v) is 7.23. The normalized spacial score (nSPS) is 15.2. The molecule has 0 N–H and O–H groups in total. The van der Waals surface area contributed by atoms with Gasteiger partial charge < -0.3 is 0 Å². The van der Waals surface area contributed by atoms with E-state index < -0.39 is 40.1 Å². The van der Waals surface area contributed by atoms with E-state index in [2.05, 4.69) is 5.10 Å². The molecule has 0 saturated heterocycles. The van der Waals surface area contributed by atoms with Crippen LogP contribution in [0.25, 0.3) is 27.2 Å². The van der Waals surface area contributed by atoms with Crippen LogP contribution >= 0.6 is 0 Å². The monoisotopic (exact) mass is 394 g/mol. The van der Waals surface area contributed by atoms with Crippen LogP contribution in [0.5, 0.6) is 0 Å². The van der Waals surface area contributed by atoms with Crippen molar-refractivity contribution in [1.29, 1.82) is 0 Å². The summed E-state index contributed by atoms with van der Waals surface area (Å²) in [4.78, 5) is 0. The van der Waals surface area contributed by atoms with Gasteiger partial charge in [0.05, 0.1) is 10.9 Å². The third-order valence-corrected chi connectivity index (χ3v) is 5.24. The molecule has 2 aromatic heterocycles. The van der Waals surface area contributed by atoms with E-state index in [1.807, 2.05) is 12.1 Å². The largest absolute Gasteiger partial charge is 0.422 e. The maximum Gasteiger partial charge on any atom is 0.422 e. The van der Waals surface area contributed by atoms with Gasteiger partial charge in [0.2, 0.25) is 0 Å². The van der Waals surface area contributed by atoms with E-state index in [9.17, 15) is 26.3 Å². The van der Waals surface area contributed by atoms with Gasteiger partial charge in [0.1, 0.15) is 11.1 Å². The molecule has 0 amide bonds. The fraction of sp³-hybridized carbons (Fsp3) is 0.250. The molecular weight excluding hydrogens is 382 g/mol. The Bertz CT molecular complexity index is 1300. The maximum atomic E-state index is 14.8. The van der Waals surface area contributed by atoms with E-state index in [4.69, 9.17) is 0 Å². The average molecular weight is 394 g/mol.